The first-order valence-corrected chi connectivity index (χ1v) is 46.6. The first-order valence-electron chi connectivity index (χ1n) is 46.6. The van der Waals surface area contributed by atoms with Gasteiger partial charge in [-0.1, -0.05) is 151 Å². The topological polar surface area (TPSA) is 234 Å². The van der Waals surface area contributed by atoms with Crippen molar-refractivity contribution in [2.24, 2.45) is 0 Å². The van der Waals surface area contributed by atoms with Crippen molar-refractivity contribution in [3.63, 3.8) is 0 Å². The molecule has 4 saturated carbocycles. The largest absolute Gasteiger partial charge is 0.493 e. The van der Waals surface area contributed by atoms with Crippen molar-refractivity contribution in [1.82, 2.24) is 29.9 Å². The molecule has 20 rings (SSSR count). The Bertz CT molecular complexity index is 6050. The minimum absolute atomic E-state index is 0.133. The summed E-state index contributed by atoms with van der Waals surface area (Å²) in [4.78, 5) is 28.5. The number of oxazole rings is 6. The van der Waals surface area contributed by atoms with Crippen molar-refractivity contribution >= 4 is 77.4 Å². The molecule has 0 bridgehead atoms. The summed E-state index contributed by atoms with van der Waals surface area (Å²) in [7, 11) is 0. The highest BCUT2D eigenvalue weighted by Crippen LogP contribution is 2.46. The van der Waals surface area contributed by atoms with Crippen molar-refractivity contribution < 1.29 is 55.7 Å². The van der Waals surface area contributed by atoms with Crippen molar-refractivity contribution in [2.75, 3.05) is 52.9 Å². The second-order valence-corrected chi connectivity index (χ2v) is 34.5. The van der Waals surface area contributed by atoms with Gasteiger partial charge in [-0.05, 0) is 294 Å². The van der Waals surface area contributed by atoms with Crippen molar-refractivity contribution in [3.8, 4) is 68.8 Å². The molecule has 16 aromatic rings. The van der Waals surface area contributed by atoms with Crippen LogP contribution in [0.1, 0.15) is 249 Å². The Morgan fingerprint density at radius 2 is 0.746 bits per heavy atom. The molecule has 6 heterocycles. The van der Waals surface area contributed by atoms with Crippen molar-refractivity contribution in [1.29, 1.82) is 0 Å². The summed E-state index contributed by atoms with van der Waals surface area (Å²) < 4.78 is 59.2. The van der Waals surface area contributed by atoms with Gasteiger partial charge in [0.2, 0.25) is 29.5 Å². The van der Waals surface area contributed by atoms with E-state index in [9.17, 15) is 5.11 Å². The number of nitrogens with zero attached hydrogens (tertiary/aromatic N) is 6. The lowest BCUT2D eigenvalue weighted by Crippen LogP contribution is -2.10. The van der Waals surface area contributed by atoms with Crippen molar-refractivity contribution in [3.05, 3.63) is 226 Å². The number of hydrogen-bond donors (Lipinski definition) is 2. The van der Waals surface area contributed by atoms with E-state index in [1.807, 2.05) is 131 Å². The third-order valence-corrected chi connectivity index (χ3v) is 25.4. The van der Waals surface area contributed by atoms with Gasteiger partial charge in [0.25, 0.3) is 0 Å². The first-order chi connectivity index (χ1) is 61.8. The smallest absolute Gasteiger partial charge is 0.227 e. The third kappa shape index (κ3) is 21.5. The van der Waals surface area contributed by atoms with Crippen LogP contribution in [0.3, 0.4) is 0 Å². The summed E-state index contributed by atoms with van der Waals surface area (Å²) in [6.07, 6.45) is 31.1. The zero-order valence-electron chi connectivity index (χ0n) is 74.5. The molecule has 656 valence electrons. The van der Waals surface area contributed by atoms with Crippen LogP contribution in [-0.2, 0) is 15.9 Å². The van der Waals surface area contributed by atoms with Gasteiger partial charge in [-0.2, -0.15) is 0 Å². The number of para-hydroxylation sites is 2. The lowest BCUT2D eigenvalue weighted by atomic mass is 9.81. The molecule has 10 aromatic carbocycles. The number of hydrogen-bond acceptors (Lipinski definition) is 18. The summed E-state index contributed by atoms with van der Waals surface area (Å²) in [5, 5.41) is 19.4. The number of aliphatic hydroxyl groups excluding tert-OH is 2. The summed E-state index contributed by atoms with van der Waals surface area (Å²) in [5.41, 5.74) is 25.8. The molecule has 0 spiro atoms. The summed E-state index contributed by atoms with van der Waals surface area (Å²) in [6.45, 7) is 18.2. The monoisotopic (exact) mass is 1690 g/mol. The molecule has 126 heavy (non-hydrogen) atoms. The van der Waals surface area contributed by atoms with Crippen LogP contribution in [0.15, 0.2) is 202 Å². The van der Waals surface area contributed by atoms with Crippen LogP contribution < -0.4 is 9.47 Å². The summed E-state index contributed by atoms with van der Waals surface area (Å²) >= 11 is 0. The van der Waals surface area contributed by atoms with Crippen LogP contribution in [0.2, 0.25) is 0 Å². The number of rotatable bonds is 25. The highest BCUT2D eigenvalue weighted by molar-refractivity contribution is 6.04. The molecular formula is C108H122N6O12. The van der Waals surface area contributed by atoms with Crippen LogP contribution in [-0.4, -0.2) is 93.0 Å². The van der Waals surface area contributed by atoms with Gasteiger partial charge in [0.1, 0.15) is 51.2 Å². The van der Waals surface area contributed by atoms with E-state index < -0.39 is 0 Å². The fourth-order valence-corrected chi connectivity index (χ4v) is 18.7. The molecule has 18 nitrogen and oxygen atoms in total. The molecule has 0 amide bonds. The minimum Gasteiger partial charge on any atom is -0.493 e. The molecule has 4 aliphatic carbocycles. The normalized spacial score (nSPS) is 14.9. The highest BCUT2D eigenvalue weighted by Gasteiger charge is 2.28. The first kappa shape index (κ1) is 88.2. The molecule has 0 saturated heterocycles. The number of fused-ring (bicyclic) bond motifs is 7. The zero-order valence-corrected chi connectivity index (χ0v) is 74.5. The molecule has 6 aromatic heterocycles. The molecule has 0 aliphatic heterocycles. The van der Waals surface area contributed by atoms with Gasteiger partial charge in [0, 0.05) is 66.7 Å². The van der Waals surface area contributed by atoms with E-state index in [4.69, 9.17) is 70.5 Å². The maximum absolute atomic E-state index is 9.20. The Morgan fingerprint density at radius 3 is 1.26 bits per heavy atom. The number of aliphatic hydroxyl groups is 2. The maximum atomic E-state index is 9.20. The van der Waals surface area contributed by atoms with Crippen LogP contribution in [0.25, 0.3) is 135 Å². The minimum atomic E-state index is 0.133. The van der Waals surface area contributed by atoms with Crippen molar-refractivity contribution in [2.45, 2.75) is 233 Å². The van der Waals surface area contributed by atoms with E-state index >= 15 is 0 Å². The SMILES string of the molecule is CCCCc1cc2oc(-c3ccc(C)cc3)nc2cc1C1CCCCC1.CCOCCO.CCOCCOc1cc2oc(-c3ccc(-c4nc5cc(C6CCCCC6)c(OCCCCO)cc5o4)cc3)nc2cc1C1CCCCC1.Cc1ccc2nc(-c3ccc(-c4nc5ccccc5o4)c4ccccc34)oc2c1.Cc1nc2cc(C3CCCCC3)c(C)cc2o1. The Balaban J connectivity index is 0.000000128. The van der Waals surface area contributed by atoms with Gasteiger partial charge in [-0.25, -0.2) is 29.9 Å². The Labute approximate surface area is 739 Å². The van der Waals surface area contributed by atoms with E-state index in [0.717, 1.165) is 159 Å². The number of aryl methyl sites for hydroxylation is 5. The molecule has 4 fully saturated rings. The molecule has 0 unspecified atom stereocenters. The average Bonchev–Trinajstić information content (AvgIpc) is 1.57. The predicted molar refractivity (Wildman–Crippen MR) is 504 cm³/mol. The fraction of sp³-hybridized carbons (Fsp3) is 0.407. The lowest BCUT2D eigenvalue weighted by Gasteiger charge is -2.24. The van der Waals surface area contributed by atoms with Gasteiger partial charge >= 0.3 is 0 Å². The number of unbranched alkanes of at least 4 members (excludes halogenated alkanes) is 2. The Hall–Kier alpha value is -11.3. The third-order valence-electron chi connectivity index (χ3n) is 25.4. The van der Waals surface area contributed by atoms with Gasteiger partial charge in [-0.15, -0.1) is 0 Å². The standard InChI is InChI=1S/C40H48N2O6.C25H16N2O2.C24H29NO.C15H19NO.C4H10O2/c1-2-44-21-22-46-36-26-38-34(24-32(36)28-13-7-4-8-14-28)42-40(48-38)30-17-15-29(16-18-30)39-41-33-23-31(27-11-5-3-6-12-27)35(25-37(33)47-39)45-20-10-9-19-43;1-15-10-13-21-23(14-15)29-25(27-21)19-12-11-18(16-6-2-3-7-17(16)19)24-26-20-8-4-5-9-22(20)28-24;1-3-4-8-20-15-23-22(16-21(20)18-9-6-5-7-10-18)25-24(26-23)19-13-11-17(2)12-14-19;1-10-8-15-14(16-11(2)17-15)9-13(10)12-6-4-3-5-7-12;1-2-6-4-3-5/h15-18,23-28,43H,2-14,19-22H2,1H3;2-14H,1H3;11-16,18H,3-10H2,1-2H3;8-9,12H,3-7H2,1-2H3;5H,2-4H2,1H3. The second kappa shape index (κ2) is 42.8. The molecular weight excluding hydrogens is 1570 g/mol. The van der Waals surface area contributed by atoms with E-state index in [2.05, 4.69) is 104 Å². The van der Waals surface area contributed by atoms with Gasteiger partial charge in [0.05, 0.1) is 26.4 Å². The van der Waals surface area contributed by atoms with Crippen LogP contribution >= 0.6 is 0 Å². The molecule has 18 heteroatoms. The number of benzene rings is 10. The molecule has 4 aliphatic rings. The van der Waals surface area contributed by atoms with Crippen LogP contribution in [0, 0.1) is 27.7 Å². The molecule has 2 N–H and O–H groups in total. The van der Waals surface area contributed by atoms with Crippen LogP contribution in [0.5, 0.6) is 11.5 Å². The Kier molecular flexibility index (Phi) is 30.0. The maximum Gasteiger partial charge on any atom is 0.227 e. The van der Waals surface area contributed by atoms with E-state index in [1.54, 1.807) is 0 Å². The fourth-order valence-electron chi connectivity index (χ4n) is 18.7. The lowest BCUT2D eigenvalue weighted by molar-refractivity contribution is 0.102. The summed E-state index contributed by atoms with van der Waals surface area (Å²) in [5.74, 6) is 8.06. The average molecular weight is 1700 g/mol. The predicted octanol–water partition coefficient (Wildman–Crippen LogP) is 28.4. The highest BCUT2D eigenvalue weighted by atomic mass is 16.5. The van der Waals surface area contributed by atoms with Gasteiger partial charge in [0.15, 0.2) is 39.4 Å². The number of aromatic nitrogens is 6. The van der Waals surface area contributed by atoms with E-state index in [-0.39, 0.29) is 13.2 Å². The van der Waals surface area contributed by atoms with E-state index in [0.29, 0.717) is 81.0 Å². The van der Waals surface area contributed by atoms with Gasteiger partial charge < -0.3 is 55.7 Å². The quantitative estimate of drug-likeness (QED) is 0.0506. The van der Waals surface area contributed by atoms with Crippen LogP contribution in [0.4, 0.5) is 0 Å². The summed E-state index contributed by atoms with van der Waals surface area (Å²) in [6, 6.07) is 60.0. The Morgan fingerprint density at radius 1 is 0.325 bits per heavy atom. The van der Waals surface area contributed by atoms with Gasteiger partial charge in [-0.3, -0.25) is 0 Å². The number of ether oxygens (including phenoxy) is 4. The molecule has 0 atom stereocenters. The molecule has 0 radical (unpaired) electrons. The zero-order chi connectivity index (χ0) is 86.7. The van der Waals surface area contributed by atoms with E-state index in [1.165, 1.54) is 180 Å². The second-order valence-electron chi connectivity index (χ2n) is 34.5.